The van der Waals surface area contributed by atoms with Gasteiger partial charge in [-0.15, -0.1) is 0 Å². The van der Waals surface area contributed by atoms with E-state index in [1.54, 1.807) is 25.1 Å². The number of pyridine rings is 1. The third-order valence-corrected chi connectivity index (χ3v) is 3.00. The van der Waals surface area contributed by atoms with Crippen LogP contribution in [0.2, 0.25) is 0 Å². The van der Waals surface area contributed by atoms with Crippen LogP contribution in [0.25, 0.3) is 0 Å². The van der Waals surface area contributed by atoms with Crippen LogP contribution in [-0.2, 0) is 4.74 Å². The van der Waals surface area contributed by atoms with Crippen molar-refractivity contribution in [2.45, 2.75) is 12.5 Å². The summed E-state index contributed by atoms with van der Waals surface area (Å²) in [4.78, 5) is 18.1. The van der Waals surface area contributed by atoms with Crippen molar-refractivity contribution in [2.24, 2.45) is 0 Å². The van der Waals surface area contributed by atoms with Gasteiger partial charge < -0.3 is 15.0 Å². The van der Waals surface area contributed by atoms with Gasteiger partial charge >= 0.3 is 0 Å². The molecule has 17 heavy (non-hydrogen) atoms. The Morgan fingerprint density at radius 1 is 1.59 bits per heavy atom. The van der Waals surface area contributed by atoms with Gasteiger partial charge in [0.2, 0.25) is 0 Å². The maximum absolute atomic E-state index is 12.2. The zero-order valence-electron chi connectivity index (χ0n) is 10.1. The van der Waals surface area contributed by atoms with Gasteiger partial charge in [0, 0.05) is 20.7 Å². The summed E-state index contributed by atoms with van der Waals surface area (Å²) in [5.41, 5.74) is 0.464. The topological polar surface area (TPSA) is 54.5 Å². The molecule has 2 heterocycles. The molecule has 1 atom stereocenters. The number of likely N-dealkylation sites (N-methyl/N-ethyl adjacent to an activating group) is 1. The molecule has 5 nitrogen and oxygen atoms in total. The first-order chi connectivity index (χ1) is 8.22. The first kappa shape index (κ1) is 11.9. The first-order valence-corrected chi connectivity index (χ1v) is 5.72. The number of aromatic nitrogens is 1. The van der Waals surface area contributed by atoms with E-state index < -0.39 is 0 Å². The molecule has 92 valence electrons. The highest BCUT2D eigenvalue weighted by molar-refractivity contribution is 5.92. The van der Waals surface area contributed by atoms with Crippen LogP contribution in [-0.4, -0.2) is 49.1 Å². The second-order valence-corrected chi connectivity index (χ2v) is 4.09. The van der Waals surface area contributed by atoms with Crippen LogP contribution in [0.15, 0.2) is 18.2 Å². The van der Waals surface area contributed by atoms with Crippen LogP contribution in [0.1, 0.15) is 16.9 Å². The number of ether oxygens (including phenoxy) is 1. The minimum absolute atomic E-state index is 0.0578. The fraction of sp³-hybridized carbons (Fsp3) is 0.500. The molecule has 5 heteroatoms. The van der Waals surface area contributed by atoms with Gasteiger partial charge in [0.15, 0.2) is 0 Å². The van der Waals surface area contributed by atoms with Gasteiger partial charge in [0.25, 0.3) is 5.91 Å². The Hall–Kier alpha value is -1.62. The predicted molar refractivity (Wildman–Crippen MR) is 65.1 cm³/mol. The molecule has 0 radical (unpaired) electrons. The van der Waals surface area contributed by atoms with E-state index in [0.29, 0.717) is 18.1 Å². The molecule has 0 aliphatic carbocycles. The van der Waals surface area contributed by atoms with Gasteiger partial charge in [-0.1, -0.05) is 6.07 Å². The molecule has 1 N–H and O–H groups in total. The lowest BCUT2D eigenvalue weighted by Crippen LogP contribution is -2.37. The number of anilines is 1. The van der Waals surface area contributed by atoms with Crippen molar-refractivity contribution in [1.29, 1.82) is 0 Å². The van der Waals surface area contributed by atoms with E-state index in [0.717, 1.165) is 13.0 Å². The Bertz CT molecular complexity index is 402. The Morgan fingerprint density at radius 3 is 3.06 bits per heavy atom. The lowest BCUT2D eigenvalue weighted by molar-refractivity contribution is 0.0705. The van der Waals surface area contributed by atoms with E-state index in [1.165, 1.54) is 0 Å². The number of carbonyl (C=O) groups is 1. The van der Waals surface area contributed by atoms with Crippen molar-refractivity contribution in [3.05, 3.63) is 23.9 Å². The standard InChI is InChI=1S/C12H17N3O2/c1-13-11-5-3-4-10(14-11)12(16)15(2)9-6-7-17-8-9/h3-5,9H,6-8H2,1-2H3,(H,13,14). The number of hydrogen-bond donors (Lipinski definition) is 1. The van der Waals surface area contributed by atoms with Crippen molar-refractivity contribution in [1.82, 2.24) is 9.88 Å². The smallest absolute Gasteiger partial charge is 0.272 e. The van der Waals surface area contributed by atoms with Gasteiger partial charge in [0.05, 0.1) is 12.6 Å². The molecule has 0 saturated carbocycles. The average Bonchev–Trinajstić information content (AvgIpc) is 2.91. The van der Waals surface area contributed by atoms with Crippen molar-refractivity contribution in [2.75, 3.05) is 32.6 Å². The van der Waals surface area contributed by atoms with Gasteiger partial charge in [-0.2, -0.15) is 0 Å². The summed E-state index contributed by atoms with van der Waals surface area (Å²) in [5.74, 6) is 0.643. The maximum atomic E-state index is 12.2. The quantitative estimate of drug-likeness (QED) is 0.848. The van der Waals surface area contributed by atoms with E-state index >= 15 is 0 Å². The summed E-state index contributed by atoms with van der Waals surface area (Å²) in [6.07, 6.45) is 0.897. The molecule has 1 amide bonds. The summed E-state index contributed by atoms with van der Waals surface area (Å²) >= 11 is 0. The fourth-order valence-electron chi connectivity index (χ4n) is 1.87. The minimum atomic E-state index is -0.0578. The summed E-state index contributed by atoms with van der Waals surface area (Å²) in [7, 11) is 3.58. The summed E-state index contributed by atoms with van der Waals surface area (Å²) in [6.45, 7) is 1.35. The third kappa shape index (κ3) is 2.55. The van der Waals surface area contributed by atoms with Crippen LogP contribution >= 0.6 is 0 Å². The number of rotatable bonds is 3. The number of nitrogens with one attached hydrogen (secondary N) is 1. The molecular formula is C12H17N3O2. The monoisotopic (exact) mass is 235 g/mol. The van der Waals surface area contributed by atoms with E-state index in [-0.39, 0.29) is 11.9 Å². The Morgan fingerprint density at radius 2 is 2.41 bits per heavy atom. The van der Waals surface area contributed by atoms with E-state index in [1.807, 2.05) is 12.1 Å². The van der Waals surface area contributed by atoms with Gasteiger partial charge in [-0.25, -0.2) is 4.98 Å². The summed E-state index contributed by atoms with van der Waals surface area (Å²) in [5, 5.41) is 2.92. The molecule has 0 aromatic carbocycles. The third-order valence-electron chi connectivity index (χ3n) is 3.00. The molecule has 1 aromatic rings. The van der Waals surface area contributed by atoms with E-state index in [4.69, 9.17) is 4.74 Å². The summed E-state index contributed by atoms with van der Waals surface area (Å²) in [6, 6.07) is 5.55. The van der Waals surface area contributed by atoms with Crippen molar-refractivity contribution in [3.8, 4) is 0 Å². The Balaban J connectivity index is 2.12. The molecule has 1 saturated heterocycles. The number of carbonyl (C=O) groups excluding carboxylic acids is 1. The van der Waals surface area contributed by atoms with Crippen LogP contribution in [0.5, 0.6) is 0 Å². The minimum Gasteiger partial charge on any atom is -0.379 e. The van der Waals surface area contributed by atoms with E-state index in [2.05, 4.69) is 10.3 Å². The zero-order chi connectivity index (χ0) is 12.3. The molecule has 1 aliphatic rings. The van der Waals surface area contributed by atoms with Crippen LogP contribution in [0.3, 0.4) is 0 Å². The highest BCUT2D eigenvalue weighted by Crippen LogP contribution is 2.14. The maximum Gasteiger partial charge on any atom is 0.272 e. The Kier molecular flexibility index (Phi) is 3.58. The molecule has 1 aliphatic heterocycles. The van der Waals surface area contributed by atoms with Crippen LogP contribution in [0.4, 0.5) is 5.82 Å². The van der Waals surface area contributed by atoms with Crippen molar-refractivity contribution < 1.29 is 9.53 Å². The van der Waals surface area contributed by atoms with Gasteiger partial charge in [-0.3, -0.25) is 4.79 Å². The van der Waals surface area contributed by atoms with Gasteiger partial charge in [-0.05, 0) is 18.6 Å². The first-order valence-electron chi connectivity index (χ1n) is 5.72. The fourth-order valence-corrected chi connectivity index (χ4v) is 1.87. The molecule has 0 bridgehead atoms. The molecular weight excluding hydrogens is 218 g/mol. The normalized spacial score (nSPS) is 19.1. The van der Waals surface area contributed by atoms with Crippen LogP contribution < -0.4 is 5.32 Å². The molecule has 1 unspecified atom stereocenters. The highest BCUT2D eigenvalue weighted by atomic mass is 16.5. The lowest BCUT2D eigenvalue weighted by atomic mass is 10.2. The number of nitrogens with zero attached hydrogens (tertiary/aromatic N) is 2. The summed E-state index contributed by atoms with van der Waals surface area (Å²) < 4.78 is 5.28. The molecule has 2 rings (SSSR count). The lowest BCUT2D eigenvalue weighted by Gasteiger charge is -2.22. The van der Waals surface area contributed by atoms with Crippen LogP contribution in [0, 0.1) is 0 Å². The molecule has 1 aromatic heterocycles. The number of amides is 1. The average molecular weight is 235 g/mol. The highest BCUT2D eigenvalue weighted by Gasteiger charge is 2.25. The van der Waals surface area contributed by atoms with Gasteiger partial charge in [0.1, 0.15) is 11.5 Å². The predicted octanol–water partition coefficient (Wildman–Crippen LogP) is 0.984. The second-order valence-electron chi connectivity index (χ2n) is 4.09. The molecule has 1 fully saturated rings. The molecule has 0 spiro atoms. The second kappa shape index (κ2) is 5.14. The van der Waals surface area contributed by atoms with E-state index in [9.17, 15) is 4.79 Å². The van der Waals surface area contributed by atoms with Crippen molar-refractivity contribution >= 4 is 11.7 Å². The largest absolute Gasteiger partial charge is 0.379 e. The SMILES string of the molecule is CNc1cccc(C(=O)N(C)C2CCOC2)n1. The Labute approximate surface area is 101 Å². The zero-order valence-corrected chi connectivity index (χ0v) is 10.1. The van der Waals surface area contributed by atoms with Crippen molar-refractivity contribution in [3.63, 3.8) is 0 Å². The number of hydrogen-bond acceptors (Lipinski definition) is 4.